The standard InChI is InChI=1S/C11H18N2O/c1-2-3-9-13-10(14)11(12)7-5-4-6-8-11/h1H,3-9,12H2,(H,13,14). The minimum absolute atomic E-state index is 0.0348. The summed E-state index contributed by atoms with van der Waals surface area (Å²) in [5, 5.41) is 2.79. The van der Waals surface area contributed by atoms with Crippen molar-refractivity contribution >= 4 is 5.91 Å². The number of amides is 1. The molecule has 14 heavy (non-hydrogen) atoms. The minimum Gasteiger partial charge on any atom is -0.354 e. The number of hydrogen-bond donors (Lipinski definition) is 2. The van der Waals surface area contributed by atoms with E-state index < -0.39 is 5.54 Å². The number of rotatable bonds is 3. The number of nitrogens with one attached hydrogen (secondary N) is 1. The van der Waals surface area contributed by atoms with E-state index in [1.807, 2.05) is 0 Å². The smallest absolute Gasteiger partial charge is 0.240 e. The molecular weight excluding hydrogens is 176 g/mol. The molecule has 0 aromatic carbocycles. The summed E-state index contributed by atoms with van der Waals surface area (Å²) < 4.78 is 0. The SMILES string of the molecule is C#CCCNC(=O)C1(N)CCCCC1. The summed E-state index contributed by atoms with van der Waals surface area (Å²) in [7, 11) is 0. The average Bonchev–Trinajstić information content (AvgIpc) is 2.19. The van der Waals surface area contributed by atoms with Gasteiger partial charge in [-0.25, -0.2) is 0 Å². The maximum atomic E-state index is 11.7. The van der Waals surface area contributed by atoms with Crippen molar-refractivity contribution < 1.29 is 4.79 Å². The quantitative estimate of drug-likeness (QED) is 0.515. The molecule has 0 unspecified atom stereocenters. The topological polar surface area (TPSA) is 55.1 Å². The predicted octanol–water partition coefficient (Wildman–Crippen LogP) is 0.787. The van der Waals surface area contributed by atoms with Crippen LogP contribution in [0.3, 0.4) is 0 Å². The van der Waals surface area contributed by atoms with Crippen molar-refractivity contribution in [3.8, 4) is 12.3 Å². The molecule has 1 saturated carbocycles. The van der Waals surface area contributed by atoms with E-state index in [-0.39, 0.29) is 5.91 Å². The van der Waals surface area contributed by atoms with Crippen LogP contribution in [0.2, 0.25) is 0 Å². The van der Waals surface area contributed by atoms with Crippen molar-refractivity contribution in [1.29, 1.82) is 0 Å². The van der Waals surface area contributed by atoms with Gasteiger partial charge in [-0.05, 0) is 12.8 Å². The Morgan fingerprint density at radius 3 is 2.64 bits per heavy atom. The van der Waals surface area contributed by atoms with Gasteiger partial charge in [-0.1, -0.05) is 19.3 Å². The van der Waals surface area contributed by atoms with Gasteiger partial charge in [0.2, 0.25) is 5.91 Å². The highest BCUT2D eigenvalue weighted by atomic mass is 16.2. The van der Waals surface area contributed by atoms with Crippen molar-refractivity contribution in [1.82, 2.24) is 5.32 Å². The first kappa shape index (κ1) is 11.1. The summed E-state index contributed by atoms with van der Waals surface area (Å²) in [6.07, 6.45) is 10.6. The largest absolute Gasteiger partial charge is 0.354 e. The van der Waals surface area contributed by atoms with E-state index in [1.165, 1.54) is 6.42 Å². The van der Waals surface area contributed by atoms with Crippen molar-refractivity contribution in [2.75, 3.05) is 6.54 Å². The lowest BCUT2D eigenvalue weighted by atomic mass is 9.82. The molecule has 1 fully saturated rings. The van der Waals surface area contributed by atoms with Crippen LogP contribution in [-0.2, 0) is 4.79 Å². The first-order valence-corrected chi connectivity index (χ1v) is 5.20. The van der Waals surface area contributed by atoms with Gasteiger partial charge in [0.15, 0.2) is 0 Å². The lowest BCUT2D eigenvalue weighted by Crippen LogP contribution is -2.55. The Hall–Kier alpha value is -1.01. The minimum atomic E-state index is -0.632. The van der Waals surface area contributed by atoms with Gasteiger partial charge in [-0.3, -0.25) is 4.79 Å². The first-order chi connectivity index (χ1) is 6.69. The van der Waals surface area contributed by atoms with Crippen LogP contribution in [0.1, 0.15) is 38.5 Å². The molecule has 78 valence electrons. The summed E-state index contributed by atoms with van der Waals surface area (Å²) in [5.74, 6) is 2.45. The second kappa shape index (κ2) is 5.02. The maximum Gasteiger partial charge on any atom is 0.240 e. The lowest BCUT2D eigenvalue weighted by Gasteiger charge is -2.31. The van der Waals surface area contributed by atoms with Gasteiger partial charge in [-0.15, -0.1) is 12.3 Å². The third kappa shape index (κ3) is 2.74. The molecule has 1 rings (SSSR count). The summed E-state index contributed by atoms with van der Waals surface area (Å²) in [5.41, 5.74) is 5.39. The highest BCUT2D eigenvalue weighted by Gasteiger charge is 2.34. The summed E-state index contributed by atoms with van der Waals surface area (Å²) in [6.45, 7) is 0.536. The van der Waals surface area contributed by atoms with E-state index >= 15 is 0 Å². The summed E-state index contributed by atoms with van der Waals surface area (Å²) in [4.78, 5) is 11.7. The number of terminal acetylenes is 1. The van der Waals surface area contributed by atoms with Crippen molar-refractivity contribution in [2.45, 2.75) is 44.1 Å². The molecule has 0 radical (unpaired) electrons. The molecule has 1 aliphatic carbocycles. The van der Waals surface area contributed by atoms with Crippen LogP contribution >= 0.6 is 0 Å². The highest BCUT2D eigenvalue weighted by molar-refractivity contribution is 5.86. The Morgan fingerprint density at radius 2 is 2.07 bits per heavy atom. The fraction of sp³-hybridized carbons (Fsp3) is 0.727. The van der Waals surface area contributed by atoms with Crippen molar-refractivity contribution in [3.63, 3.8) is 0 Å². The molecule has 0 aromatic heterocycles. The molecule has 0 atom stereocenters. The van der Waals surface area contributed by atoms with E-state index in [0.717, 1.165) is 25.7 Å². The predicted molar refractivity (Wildman–Crippen MR) is 56.5 cm³/mol. The molecule has 3 nitrogen and oxygen atoms in total. The van der Waals surface area contributed by atoms with Gasteiger partial charge >= 0.3 is 0 Å². The Morgan fingerprint density at radius 1 is 1.43 bits per heavy atom. The van der Waals surface area contributed by atoms with Crippen LogP contribution in [-0.4, -0.2) is 18.0 Å². The van der Waals surface area contributed by atoms with E-state index in [9.17, 15) is 4.79 Å². The third-order valence-corrected chi connectivity index (χ3v) is 2.75. The zero-order valence-electron chi connectivity index (χ0n) is 8.51. The molecular formula is C11H18N2O. The fourth-order valence-electron chi connectivity index (χ4n) is 1.83. The molecule has 0 bridgehead atoms. The molecule has 3 N–H and O–H groups in total. The lowest BCUT2D eigenvalue weighted by molar-refractivity contribution is -0.127. The first-order valence-electron chi connectivity index (χ1n) is 5.20. The molecule has 0 aromatic rings. The maximum absolute atomic E-state index is 11.7. The molecule has 0 aliphatic heterocycles. The summed E-state index contributed by atoms with van der Waals surface area (Å²) >= 11 is 0. The summed E-state index contributed by atoms with van der Waals surface area (Å²) in [6, 6.07) is 0. The highest BCUT2D eigenvalue weighted by Crippen LogP contribution is 2.25. The molecule has 1 amide bonds. The van der Waals surface area contributed by atoms with Crippen molar-refractivity contribution in [2.24, 2.45) is 5.73 Å². The fourth-order valence-corrected chi connectivity index (χ4v) is 1.83. The van der Waals surface area contributed by atoms with E-state index in [2.05, 4.69) is 11.2 Å². The van der Waals surface area contributed by atoms with Crippen LogP contribution in [0.4, 0.5) is 0 Å². The van der Waals surface area contributed by atoms with E-state index in [4.69, 9.17) is 12.2 Å². The van der Waals surface area contributed by atoms with E-state index in [1.54, 1.807) is 0 Å². The molecule has 3 heteroatoms. The van der Waals surface area contributed by atoms with E-state index in [0.29, 0.717) is 13.0 Å². The Labute approximate surface area is 85.4 Å². The van der Waals surface area contributed by atoms with Crippen LogP contribution in [0.5, 0.6) is 0 Å². The third-order valence-electron chi connectivity index (χ3n) is 2.75. The number of carbonyl (C=O) groups excluding carboxylic acids is 1. The van der Waals surface area contributed by atoms with Gasteiger partial charge < -0.3 is 11.1 Å². The normalized spacial score (nSPS) is 19.7. The zero-order valence-corrected chi connectivity index (χ0v) is 8.51. The van der Waals surface area contributed by atoms with Gasteiger partial charge in [0.1, 0.15) is 0 Å². The second-order valence-electron chi connectivity index (χ2n) is 3.93. The second-order valence-corrected chi connectivity index (χ2v) is 3.93. The monoisotopic (exact) mass is 194 g/mol. The molecule has 1 aliphatic rings. The van der Waals surface area contributed by atoms with Crippen LogP contribution in [0, 0.1) is 12.3 Å². The van der Waals surface area contributed by atoms with Gasteiger partial charge in [0.05, 0.1) is 5.54 Å². The number of hydrogen-bond acceptors (Lipinski definition) is 2. The Kier molecular flexibility index (Phi) is 3.97. The van der Waals surface area contributed by atoms with Crippen molar-refractivity contribution in [3.05, 3.63) is 0 Å². The van der Waals surface area contributed by atoms with Crippen LogP contribution in [0.15, 0.2) is 0 Å². The zero-order chi connectivity index (χ0) is 10.4. The van der Waals surface area contributed by atoms with Crippen LogP contribution < -0.4 is 11.1 Å². The molecule has 0 spiro atoms. The van der Waals surface area contributed by atoms with Gasteiger partial charge in [0, 0.05) is 13.0 Å². The number of carbonyl (C=O) groups is 1. The van der Waals surface area contributed by atoms with Crippen LogP contribution in [0.25, 0.3) is 0 Å². The van der Waals surface area contributed by atoms with Gasteiger partial charge in [0.25, 0.3) is 0 Å². The molecule has 0 saturated heterocycles. The molecule has 0 heterocycles. The van der Waals surface area contributed by atoms with Gasteiger partial charge in [-0.2, -0.15) is 0 Å². The number of nitrogens with two attached hydrogens (primary N) is 1. The average molecular weight is 194 g/mol. The Balaban J connectivity index is 2.38. The Bertz CT molecular complexity index is 236.